The molecule has 1 N–H and O–H groups in total. The summed E-state index contributed by atoms with van der Waals surface area (Å²) in [5.74, 6) is 22.3. The predicted octanol–water partition coefficient (Wildman–Crippen LogP) is 12.8. The number of aryl methyl sites for hydroxylation is 2. The normalized spacial score (nSPS) is 12.9. The number of rotatable bonds is 49. The molecule has 33 heteroatoms. The van der Waals surface area contributed by atoms with Crippen LogP contribution in [0.2, 0.25) is 0 Å². The van der Waals surface area contributed by atoms with Gasteiger partial charge in [-0.15, -0.1) is 68.2 Å². The third kappa shape index (κ3) is 53.5. The van der Waals surface area contributed by atoms with Crippen molar-refractivity contribution in [2.24, 2.45) is 0 Å². The van der Waals surface area contributed by atoms with E-state index in [4.69, 9.17) is 103 Å². The summed E-state index contributed by atoms with van der Waals surface area (Å²) in [6.45, 7) is 9.81. The molecule has 0 aliphatic heterocycles. The summed E-state index contributed by atoms with van der Waals surface area (Å²) in [6.07, 6.45) is 49.9. The van der Waals surface area contributed by atoms with Gasteiger partial charge in [0.1, 0.15) is 36.2 Å². The minimum absolute atomic E-state index is 0.00487. The summed E-state index contributed by atoms with van der Waals surface area (Å²) >= 11 is 11.7. The van der Waals surface area contributed by atoms with Gasteiger partial charge in [-0.3, -0.25) is 50.3 Å². The first-order valence-electron chi connectivity index (χ1n) is 43.1. The molecular weight excluding hydrogens is 1870 g/mol. The van der Waals surface area contributed by atoms with Crippen molar-refractivity contribution in [1.82, 2.24) is 34.7 Å². The highest BCUT2D eigenvalue weighted by Gasteiger charge is 2.26. The fourth-order valence-electron chi connectivity index (χ4n) is 12.2. The molecule has 6 aromatic carbocycles. The highest BCUT2D eigenvalue weighted by molar-refractivity contribution is 7.87. The van der Waals surface area contributed by atoms with Crippen molar-refractivity contribution in [3.8, 4) is 92.2 Å². The summed E-state index contributed by atoms with van der Waals surface area (Å²) in [6, 6.07) is 62.2. The van der Waals surface area contributed by atoms with Crippen molar-refractivity contribution in [2.75, 3.05) is 158 Å². The minimum atomic E-state index is -3.81. The number of alkyl halides is 2. The van der Waals surface area contributed by atoms with E-state index in [0.29, 0.717) is 101 Å². The molecule has 0 amide bonds. The number of nitrogens with one attached hydrogen (secondary N) is 1. The fourth-order valence-corrected chi connectivity index (χ4v) is 15.9. The maximum Gasteiger partial charge on any atom is 0.297 e. The van der Waals surface area contributed by atoms with Crippen LogP contribution in [0.15, 0.2) is 242 Å². The van der Waals surface area contributed by atoms with Gasteiger partial charge in [-0.1, -0.05) is 180 Å². The molecule has 0 saturated heterocycles. The van der Waals surface area contributed by atoms with Gasteiger partial charge >= 0.3 is 0 Å². The lowest BCUT2D eigenvalue weighted by Crippen LogP contribution is -2.38. The molecule has 0 aliphatic rings. The zero-order valence-corrected chi connectivity index (χ0v) is 85.3. The van der Waals surface area contributed by atoms with Crippen LogP contribution in [0, 0.1) is 100 Å². The highest BCUT2D eigenvalue weighted by Crippen LogP contribution is 2.22. The number of hydrogen-bond acceptors (Lipinski definition) is 26. The molecule has 0 fully saturated rings. The molecule has 736 valence electrons. The maximum atomic E-state index is 12.4. The summed E-state index contributed by atoms with van der Waals surface area (Å²) in [5, 5.41) is 3.13. The van der Waals surface area contributed by atoms with E-state index in [0.717, 1.165) is 77.6 Å². The molecule has 0 saturated carbocycles. The summed E-state index contributed by atoms with van der Waals surface area (Å²) < 4.78 is 161. The summed E-state index contributed by atoms with van der Waals surface area (Å²) in [4.78, 5) is 12.1. The second-order valence-electron chi connectivity index (χ2n) is 31.6. The van der Waals surface area contributed by atoms with Crippen molar-refractivity contribution in [3.63, 3.8) is 0 Å². The number of ether oxygens (including phenoxy) is 1. The molecular formula is C103H131Cl2N7O19S5. The lowest BCUT2D eigenvalue weighted by molar-refractivity contribution is 0.172. The Morgan fingerprint density at radius 1 is 0.338 bits per heavy atom. The van der Waals surface area contributed by atoms with Gasteiger partial charge in [0.25, 0.3) is 50.6 Å². The van der Waals surface area contributed by atoms with Crippen LogP contribution >= 0.6 is 23.2 Å². The molecule has 136 heavy (non-hydrogen) atoms. The predicted molar refractivity (Wildman–Crippen MR) is 544 cm³/mol. The second-order valence-corrected chi connectivity index (χ2v) is 40.4. The number of furan rings is 3. The molecule has 7 atom stereocenters. The quantitative estimate of drug-likeness (QED) is 0.0160. The standard InChI is InChI=1S/C20H23NO3S.C18H21NO4S.C16H23NO4S.C14H19NO3S.C13H16ClN.C12H17NO4S.C10H12ClNO/c1-4-14-21(3)19(15-18-8-6-5-7-9-18)16-24-25(22,23)20-12-10-17(2)11-13-20;1-4-11-19(3)16(13-17-6-5-12-22-17)14-23-24(20,21)18-9-7-15(2)8-10-18;1-5-10-17(3)14(2)13-15-6-8-16(9-7-15)20-11-12-21-22(4,18)19;1-4-10-15(2)14(12-18-19(3,16)17)11-13-8-6-5-7-9-13;1-3-9-15(2)13(11-14)10-12-7-5-4-6-8-12;1-4-7-13(2)11(10-17-18(3,14)15)9-12-6-5-8-16-12;1-2-5-12-9(8-11)7-10-4-3-6-13-10/h1,5-13,19H,14-16H2,2-3H3;1,5-10,12,16H,11,13-14H2,2-3H3;1,6-9,14H,10-13H2,2-4H3;1,5-9,14H,10-12H2,2-3H3;1,4-8,13H,9-11H2,2H3;1,5-6,8,11H,7,9-10H2,2-3H3;1,3-4,6,9,12H,5,7-8H2/t19-;16-;;14-;13-;11-;9-/m00.0000/s1. The van der Waals surface area contributed by atoms with Crippen molar-refractivity contribution in [2.45, 2.75) is 118 Å². The topological polar surface area (TPSA) is 297 Å². The number of halogens is 2. The zero-order chi connectivity index (χ0) is 101. The van der Waals surface area contributed by atoms with Crippen LogP contribution in [-0.4, -0.2) is 272 Å². The van der Waals surface area contributed by atoms with E-state index < -0.39 is 50.6 Å². The van der Waals surface area contributed by atoms with E-state index in [9.17, 15) is 42.1 Å². The average molecular weight is 2000 g/mol. The molecule has 1 unspecified atom stereocenters. The van der Waals surface area contributed by atoms with Crippen LogP contribution in [0.4, 0.5) is 0 Å². The van der Waals surface area contributed by atoms with Gasteiger partial charge in [-0.25, -0.2) is 0 Å². The Labute approximate surface area is 821 Å². The van der Waals surface area contributed by atoms with Gasteiger partial charge in [-0.2, -0.15) is 42.1 Å². The molecule has 0 aliphatic carbocycles. The van der Waals surface area contributed by atoms with Crippen LogP contribution in [0.25, 0.3) is 0 Å². The van der Waals surface area contributed by atoms with Crippen LogP contribution < -0.4 is 10.1 Å². The van der Waals surface area contributed by atoms with Crippen LogP contribution in [0.1, 0.15) is 57.6 Å². The molecule has 9 aromatic rings. The molecule has 3 aromatic heterocycles. The van der Waals surface area contributed by atoms with Gasteiger partial charge in [0.05, 0.1) is 120 Å². The van der Waals surface area contributed by atoms with Gasteiger partial charge in [0, 0.05) is 73.3 Å². The van der Waals surface area contributed by atoms with Gasteiger partial charge < -0.3 is 23.3 Å². The Balaban J connectivity index is 0.000000412. The number of hydrogen-bond donors (Lipinski definition) is 1. The smallest absolute Gasteiger partial charge is 0.297 e. The minimum Gasteiger partial charge on any atom is -0.491 e. The Morgan fingerprint density at radius 2 is 0.647 bits per heavy atom. The largest absolute Gasteiger partial charge is 0.491 e. The molecule has 26 nitrogen and oxygen atoms in total. The van der Waals surface area contributed by atoms with E-state index in [-0.39, 0.29) is 79.6 Å². The van der Waals surface area contributed by atoms with Gasteiger partial charge in [0.15, 0.2) is 0 Å². The molecule has 9 rings (SSSR count). The third-order valence-corrected chi connectivity index (χ3v) is 25.3. The molecule has 0 bridgehead atoms. The molecule has 0 spiro atoms. The first-order valence-corrected chi connectivity index (χ1v) is 52.4. The van der Waals surface area contributed by atoms with Crippen molar-refractivity contribution < 1.29 is 81.0 Å². The monoisotopic (exact) mass is 2000 g/mol. The number of terminal acetylenes is 7. The second kappa shape index (κ2) is 66.3. The highest BCUT2D eigenvalue weighted by atomic mass is 35.5. The Hall–Kier alpha value is -10.3. The van der Waals surface area contributed by atoms with Crippen molar-refractivity contribution >= 4 is 73.8 Å². The van der Waals surface area contributed by atoms with Crippen molar-refractivity contribution in [3.05, 3.63) is 270 Å². The fraction of sp³-hybridized carbons (Fsp3) is 0.398. The summed E-state index contributed by atoms with van der Waals surface area (Å²) in [7, 11) is -6.51. The molecule has 0 radical (unpaired) electrons. The van der Waals surface area contributed by atoms with Gasteiger partial charge in [0.2, 0.25) is 0 Å². The zero-order valence-electron chi connectivity index (χ0n) is 79.7. The van der Waals surface area contributed by atoms with Crippen LogP contribution in [0.3, 0.4) is 0 Å². The van der Waals surface area contributed by atoms with E-state index in [1.165, 1.54) is 23.3 Å². The maximum absolute atomic E-state index is 12.4. The first-order chi connectivity index (χ1) is 64.6. The SMILES string of the molecule is C#CCN(C)C(C)Cc1ccc(OCCOS(C)(=O)=O)cc1.C#CCN(C)[C@H](CCl)Cc1ccccc1.C#CCN(C)[C@H](COS(=O)(=O)c1ccc(C)cc1)Cc1ccccc1.C#CCN(C)[C@H](COS(=O)(=O)c1ccc(C)cc1)Cc1ccco1.C#CCN(C)[C@H](COS(C)(=O)=O)Cc1ccccc1.C#CCN(C)[C@H](COS(C)(=O)=O)Cc1ccco1.C#CCN[C@H](CCl)Cc1ccco1. The lowest BCUT2D eigenvalue weighted by atomic mass is 10.1. The van der Waals surface area contributed by atoms with E-state index in [1.807, 2.05) is 203 Å². The van der Waals surface area contributed by atoms with E-state index in [1.54, 1.807) is 67.3 Å². The Bertz CT molecular complexity index is 5710. The Morgan fingerprint density at radius 3 is 0.956 bits per heavy atom. The molecule has 3 heterocycles. The van der Waals surface area contributed by atoms with Crippen LogP contribution in [-0.2, 0) is 116 Å². The lowest BCUT2D eigenvalue weighted by Gasteiger charge is -2.26. The number of nitrogens with zero attached hydrogens (tertiary/aromatic N) is 6. The number of benzene rings is 6. The van der Waals surface area contributed by atoms with E-state index in [2.05, 4.69) is 79.8 Å². The van der Waals surface area contributed by atoms with E-state index >= 15 is 0 Å². The summed E-state index contributed by atoms with van der Waals surface area (Å²) in [5.41, 5.74) is 6.69. The number of likely N-dealkylation sites (N-methyl/N-ethyl adjacent to an activating group) is 6. The third-order valence-electron chi connectivity index (χ3n) is 20.3. The first kappa shape index (κ1) is 120. The van der Waals surface area contributed by atoms with Crippen molar-refractivity contribution in [1.29, 1.82) is 0 Å². The Kier molecular flexibility index (Phi) is 58.4. The van der Waals surface area contributed by atoms with Gasteiger partial charge in [-0.05, 0) is 184 Å². The average Bonchev–Trinajstić information content (AvgIpc) is 1.02. The van der Waals surface area contributed by atoms with Crippen LogP contribution in [0.5, 0.6) is 5.75 Å².